The number of benzene rings is 1. The van der Waals surface area contributed by atoms with Gasteiger partial charge in [-0.2, -0.15) is 18.4 Å². The van der Waals surface area contributed by atoms with Gasteiger partial charge in [-0.15, -0.1) is 11.3 Å². The van der Waals surface area contributed by atoms with Gasteiger partial charge in [0.05, 0.1) is 33.8 Å². The number of alkyl halides is 3. The second-order valence-corrected chi connectivity index (χ2v) is 9.41. The number of rotatable bonds is 3. The molecular weight excluding hydrogens is 483 g/mol. The molecule has 0 spiro atoms. The van der Waals surface area contributed by atoms with E-state index in [0.29, 0.717) is 36.4 Å². The van der Waals surface area contributed by atoms with Crippen LogP contribution in [0.4, 0.5) is 18.9 Å². The van der Waals surface area contributed by atoms with Gasteiger partial charge in [0.25, 0.3) is 0 Å². The minimum Gasteiger partial charge on any atom is -0.309 e. The van der Waals surface area contributed by atoms with Gasteiger partial charge in [-0.05, 0) is 54.6 Å². The van der Waals surface area contributed by atoms with Gasteiger partial charge in [0.15, 0.2) is 5.78 Å². The van der Waals surface area contributed by atoms with Gasteiger partial charge >= 0.3 is 6.18 Å². The van der Waals surface area contributed by atoms with Crippen molar-refractivity contribution in [1.82, 2.24) is 4.57 Å². The van der Waals surface area contributed by atoms with Crippen molar-refractivity contribution in [3.8, 4) is 6.07 Å². The Kier molecular flexibility index (Phi) is 5.62. The number of carbonyl (C=O) groups is 1. The lowest BCUT2D eigenvalue weighted by atomic mass is 9.78. The first-order valence-corrected chi connectivity index (χ1v) is 11.8. The van der Waals surface area contributed by atoms with Gasteiger partial charge in [-0.1, -0.05) is 17.7 Å². The highest BCUT2D eigenvalue weighted by molar-refractivity contribution is 7.10. The van der Waals surface area contributed by atoms with E-state index in [0.717, 1.165) is 17.0 Å². The quantitative estimate of drug-likeness (QED) is 0.382. The van der Waals surface area contributed by atoms with Crippen LogP contribution < -0.4 is 4.90 Å². The Morgan fingerprint density at radius 2 is 1.88 bits per heavy atom. The molecule has 1 aromatic carbocycles. The average Bonchev–Trinajstić information content (AvgIpc) is 3.52. The number of halogens is 4. The van der Waals surface area contributed by atoms with Crippen molar-refractivity contribution in [3.63, 3.8) is 0 Å². The van der Waals surface area contributed by atoms with E-state index >= 15 is 0 Å². The van der Waals surface area contributed by atoms with E-state index in [4.69, 9.17) is 11.6 Å². The SMILES string of the molecule is N#CC1=C(n2cccc2)N(c2cc(C(F)(F)F)ccc2Cl)C2=C(C(=O)CCC2)[C@H]1c1cccs1. The third kappa shape index (κ3) is 3.65. The third-order valence-electron chi connectivity index (χ3n) is 6.04. The van der Waals surface area contributed by atoms with Crippen molar-refractivity contribution >= 4 is 40.2 Å². The summed E-state index contributed by atoms with van der Waals surface area (Å²) in [6.07, 6.45) is 0.222. The largest absolute Gasteiger partial charge is 0.416 e. The van der Waals surface area contributed by atoms with Crippen LogP contribution in [-0.4, -0.2) is 10.4 Å². The number of aromatic nitrogens is 1. The molecule has 1 atom stereocenters. The van der Waals surface area contributed by atoms with Crippen molar-refractivity contribution in [1.29, 1.82) is 5.26 Å². The summed E-state index contributed by atoms with van der Waals surface area (Å²) >= 11 is 7.91. The molecule has 2 aromatic heterocycles. The predicted octanol–water partition coefficient (Wildman–Crippen LogP) is 7.23. The molecule has 172 valence electrons. The number of hydrogen-bond donors (Lipinski definition) is 0. The molecule has 2 aliphatic rings. The molecule has 9 heteroatoms. The molecular formula is C25H17ClF3N3OS. The molecule has 0 bridgehead atoms. The van der Waals surface area contributed by atoms with Crippen LogP contribution in [0, 0.1) is 11.3 Å². The molecule has 0 saturated carbocycles. The standard InChI is InChI=1S/C25H17ClF3N3OS/c26-17-9-8-15(25(27,28)29)13-19(17)32-18-5-3-6-20(33)23(18)22(21-7-4-12-34-21)16(14-30)24(32)31-10-1-2-11-31/h1-2,4,7-13,22H,3,5-6H2/t22-/m1/s1. The van der Waals surface area contributed by atoms with Crippen LogP contribution in [0.25, 0.3) is 5.82 Å². The van der Waals surface area contributed by atoms with E-state index < -0.39 is 17.7 Å². The summed E-state index contributed by atoms with van der Waals surface area (Å²) in [5.74, 6) is -0.321. The molecule has 34 heavy (non-hydrogen) atoms. The van der Waals surface area contributed by atoms with Gasteiger partial charge in [-0.25, -0.2) is 0 Å². The summed E-state index contributed by atoms with van der Waals surface area (Å²) < 4.78 is 42.6. The summed E-state index contributed by atoms with van der Waals surface area (Å²) in [5.41, 5.74) is 0.538. The highest BCUT2D eigenvalue weighted by Gasteiger charge is 2.43. The van der Waals surface area contributed by atoms with Crippen molar-refractivity contribution in [2.45, 2.75) is 31.4 Å². The van der Waals surface area contributed by atoms with Gasteiger partial charge in [0.1, 0.15) is 5.82 Å². The Labute approximate surface area is 202 Å². The molecule has 0 radical (unpaired) electrons. The first-order chi connectivity index (χ1) is 16.3. The lowest BCUT2D eigenvalue weighted by Crippen LogP contribution is -2.36. The van der Waals surface area contributed by atoms with E-state index in [2.05, 4.69) is 6.07 Å². The van der Waals surface area contributed by atoms with E-state index in [1.165, 1.54) is 17.4 Å². The van der Waals surface area contributed by atoms with Crippen LogP contribution in [0.2, 0.25) is 5.02 Å². The van der Waals surface area contributed by atoms with Crippen molar-refractivity contribution in [2.75, 3.05) is 4.90 Å². The Hall–Kier alpha value is -3.28. The van der Waals surface area contributed by atoms with Crippen LogP contribution in [0.5, 0.6) is 0 Å². The number of thiophene rings is 1. The summed E-state index contributed by atoms with van der Waals surface area (Å²) in [4.78, 5) is 15.7. The van der Waals surface area contributed by atoms with Gasteiger partial charge in [0.2, 0.25) is 0 Å². The second-order valence-electron chi connectivity index (χ2n) is 8.02. The van der Waals surface area contributed by atoms with Crippen LogP contribution >= 0.6 is 22.9 Å². The predicted molar refractivity (Wildman–Crippen MR) is 125 cm³/mol. The molecule has 1 aliphatic heterocycles. The van der Waals surface area contributed by atoms with Crippen molar-refractivity contribution in [3.05, 3.63) is 92.5 Å². The number of nitriles is 1. The zero-order valence-corrected chi connectivity index (χ0v) is 19.2. The second kappa shape index (κ2) is 8.49. The molecule has 1 aliphatic carbocycles. The topological polar surface area (TPSA) is 49.0 Å². The monoisotopic (exact) mass is 499 g/mol. The molecule has 3 aromatic rings. The van der Waals surface area contributed by atoms with E-state index in [1.807, 2.05) is 17.5 Å². The third-order valence-corrected chi connectivity index (χ3v) is 7.30. The fourth-order valence-electron chi connectivity index (χ4n) is 4.63. The number of Topliss-reactive ketones (excluding diaryl/α,β-unsaturated/α-hetero) is 1. The smallest absolute Gasteiger partial charge is 0.309 e. The Balaban J connectivity index is 1.86. The summed E-state index contributed by atoms with van der Waals surface area (Å²) in [6, 6.07) is 12.6. The Morgan fingerprint density at radius 3 is 2.53 bits per heavy atom. The number of allylic oxidation sites excluding steroid dienone is 3. The number of anilines is 1. The maximum Gasteiger partial charge on any atom is 0.416 e. The highest BCUT2D eigenvalue weighted by Crippen LogP contribution is 2.51. The summed E-state index contributed by atoms with van der Waals surface area (Å²) in [5, 5.41) is 12.3. The van der Waals surface area contributed by atoms with Crippen molar-refractivity contribution < 1.29 is 18.0 Å². The molecule has 0 amide bonds. The highest BCUT2D eigenvalue weighted by atomic mass is 35.5. The molecule has 5 rings (SSSR count). The maximum atomic E-state index is 13.6. The molecule has 3 heterocycles. The number of nitrogens with zero attached hydrogens (tertiary/aromatic N) is 3. The number of carbonyl (C=O) groups excluding carboxylic acids is 1. The number of hydrogen-bond acceptors (Lipinski definition) is 4. The van der Waals surface area contributed by atoms with Crippen molar-refractivity contribution in [2.24, 2.45) is 0 Å². The minimum absolute atomic E-state index is 0.0831. The fraction of sp³-hybridized carbons (Fsp3) is 0.200. The van der Waals surface area contributed by atoms with E-state index in [-0.39, 0.29) is 22.1 Å². The van der Waals surface area contributed by atoms with E-state index in [1.54, 1.807) is 34.0 Å². The van der Waals surface area contributed by atoms with Crippen LogP contribution in [-0.2, 0) is 11.0 Å². The molecule has 0 N–H and O–H groups in total. The Morgan fingerprint density at radius 1 is 1.12 bits per heavy atom. The lowest BCUT2D eigenvalue weighted by molar-refractivity contribution is -0.137. The first-order valence-electron chi connectivity index (χ1n) is 10.6. The average molecular weight is 500 g/mol. The zero-order chi connectivity index (χ0) is 24.0. The van der Waals surface area contributed by atoms with Crippen LogP contribution in [0.15, 0.2) is 77.1 Å². The molecule has 4 nitrogen and oxygen atoms in total. The fourth-order valence-corrected chi connectivity index (χ4v) is 5.68. The summed E-state index contributed by atoms with van der Waals surface area (Å²) in [7, 11) is 0. The molecule has 0 unspecified atom stereocenters. The van der Waals surface area contributed by atoms with Crippen LogP contribution in [0.3, 0.4) is 0 Å². The maximum absolute atomic E-state index is 13.6. The first kappa shape index (κ1) is 22.5. The minimum atomic E-state index is -4.58. The normalized spacial score (nSPS) is 18.9. The lowest BCUT2D eigenvalue weighted by Gasteiger charge is -2.41. The zero-order valence-electron chi connectivity index (χ0n) is 17.6. The van der Waals surface area contributed by atoms with Gasteiger partial charge in [-0.3, -0.25) is 9.69 Å². The van der Waals surface area contributed by atoms with Crippen LogP contribution in [0.1, 0.15) is 35.6 Å². The summed E-state index contributed by atoms with van der Waals surface area (Å²) in [6.45, 7) is 0. The van der Waals surface area contributed by atoms with E-state index in [9.17, 15) is 23.2 Å². The molecule has 0 fully saturated rings. The van der Waals surface area contributed by atoms with Gasteiger partial charge in [0, 0.05) is 35.0 Å². The van der Waals surface area contributed by atoms with Gasteiger partial charge < -0.3 is 4.57 Å². The molecule has 0 saturated heterocycles. The Bertz CT molecular complexity index is 1370. The number of ketones is 1.